The van der Waals surface area contributed by atoms with E-state index in [4.69, 9.17) is 0 Å². The molecule has 0 unspecified atom stereocenters. The number of hydrogen-bond donors (Lipinski definition) is 1. The number of aromatic nitrogens is 4. The van der Waals surface area contributed by atoms with Gasteiger partial charge in [-0.05, 0) is 44.9 Å². The highest BCUT2D eigenvalue weighted by Gasteiger charge is 2.20. The number of nitrogens with zero attached hydrogens (tertiary/aromatic N) is 4. The van der Waals surface area contributed by atoms with Gasteiger partial charge in [-0.25, -0.2) is 9.67 Å². The Morgan fingerprint density at radius 1 is 1.19 bits per heavy atom. The summed E-state index contributed by atoms with van der Waals surface area (Å²) in [6.45, 7) is 7.95. The second-order valence-corrected chi connectivity index (χ2v) is 7.24. The number of amides is 1. The number of fused-ring (bicyclic) bond motifs is 1. The van der Waals surface area contributed by atoms with E-state index >= 15 is 0 Å². The van der Waals surface area contributed by atoms with Gasteiger partial charge in [0.15, 0.2) is 5.65 Å². The Kier molecular flexibility index (Phi) is 4.63. The Balaban J connectivity index is 1.81. The van der Waals surface area contributed by atoms with E-state index in [0.29, 0.717) is 16.7 Å². The lowest BCUT2D eigenvalue weighted by atomic mass is 10.1. The van der Waals surface area contributed by atoms with Crippen molar-refractivity contribution in [3.63, 3.8) is 0 Å². The van der Waals surface area contributed by atoms with E-state index in [-0.39, 0.29) is 23.6 Å². The highest BCUT2D eigenvalue weighted by Crippen LogP contribution is 2.17. The fourth-order valence-electron chi connectivity index (χ4n) is 2.73. The number of carbonyl (C=O) groups is 1. The Hall–Kier alpha value is -2.96. The van der Waals surface area contributed by atoms with Gasteiger partial charge in [0.05, 0.1) is 11.7 Å². The third-order valence-corrected chi connectivity index (χ3v) is 4.15. The summed E-state index contributed by atoms with van der Waals surface area (Å²) in [7, 11) is 0. The molecule has 0 saturated carbocycles. The molecular formula is C19H23N5O2. The van der Waals surface area contributed by atoms with Crippen LogP contribution in [0.2, 0.25) is 0 Å². The van der Waals surface area contributed by atoms with Crippen molar-refractivity contribution in [3.05, 3.63) is 52.7 Å². The van der Waals surface area contributed by atoms with Gasteiger partial charge < -0.3 is 5.32 Å². The zero-order valence-electron chi connectivity index (χ0n) is 15.5. The Labute approximate surface area is 151 Å². The van der Waals surface area contributed by atoms with Crippen molar-refractivity contribution in [1.29, 1.82) is 0 Å². The van der Waals surface area contributed by atoms with Crippen LogP contribution in [0.5, 0.6) is 0 Å². The first-order valence-corrected chi connectivity index (χ1v) is 8.62. The van der Waals surface area contributed by atoms with E-state index in [1.807, 2.05) is 45.0 Å². The zero-order valence-corrected chi connectivity index (χ0v) is 15.5. The highest BCUT2D eigenvalue weighted by atomic mass is 16.2. The van der Waals surface area contributed by atoms with Crippen molar-refractivity contribution >= 4 is 22.6 Å². The molecule has 3 aromatic rings. The van der Waals surface area contributed by atoms with Crippen LogP contribution in [0.3, 0.4) is 0 Å². The van der Waals surface area contributed by atoms with Gasteiger partial charge in [-0.2, -0.15) is 5.10 Å². The minimum absolute atomic E-state index is 0.0992. The lowest BCUT2D eigenvalue weighted by Gasteiger charge is -2.19. The van der Waals surface area contributed by atoms with Gasteiger partial charge in [0.2, 0.25) is 5.91 Å². The molecule has 0 aliphatic heterocycles. The van der Waals surface area contributed by atoms with Crippen LogP contribution < -0.4 is 10.9 Å². The molecule has 136 valence electrons. The van der Waals surface area contributed by atoms with Gasteiger partial charge in [-0.1, -0.05) is 19.1 Å². The molecule has 1 N–H and O–H groups in total. The summed E-state index contributed by atoms with van der Waals surface area (Å²) < 4.78 is 3.01. The maximum atomic E-state index is 12.6. The smallest absolute Gasteiger partial charge is 0.264 e. The molecule has 0 aliphatic carbocycles. The van der Waals surface area contributed by atoms with E-state index in [1.54, 1.807) is 4.68 Å². The largest absolute Gasteiger partial charge is 0.325 e. The van der Waals surface area contributed by atoms with Crippen molar-refractivity contribution in [1.82, 2.24) is 19.3 Å². The van der Waals surface area contributed by atoms with Gasteiger partial charge in [-0.3, -0.25) is 14.2 Å². The fraction of sp³-hybridized carbons (Fsp3) is 0.368. The van der Waals surface area contributed by atoms with Gasteiger partial charge in [-0.15, -0.1) is 0 Å². The average molecular weight is 353 g/mol. The summed E-state index contributed by atoms with van der Waals surface area (Å²) in [6.07, 6.45) is 3.85. The van der Waals surface area contributed by atoms with Crippen LogP contribution in [0.4, 0.5) is 5.69 Å². The Morgan fingerprint density at radius 2 is 1.88 bits per heavy atom. The first-order valence-electron chi connectivity index (χ1n) is 8.62. The number of carbonyl (C=O) groups excluding carboxylic acids is 1. The van der Waals surface area contributed by atoms with E-state index in [1.165, 1.54) is 22.7 Å². The van der Waals surface area contributed by atoms with Crippen LogP contribution in [0.1, 0.15) is 33.3 Å². The normalized spacial score (nSPS) is 11.7. The third kappa shape index (κ3) is 3.51. The molecule has 0 bridgehead atoms. The standard InChI is InChI=1S/C19H23N5O2/c1-5-13-6-8-14(9-7-13)22-16(25)11-23-12-20-17-15(18(23)26)10-21-24(17)19(2,3)4/h6-10,12H,5,11H2,1-4H3,(H,22,25). The van der Waals surface area contributed by atoms with Gasteiger partial charge in [0, 0.05) is 5.69 Å². The van der Waals surface area contributed by atoms with E-state index in [9.17, 15) is 9.59 Å². The molecule has 7 nitrogen and oxygen atoms in total. The van der Waals surface area contributed by atoms with Crippen LogP contribution in [-0.2, 0) is 23.3 Å². The van der Waals surface area contributed by atoms with Crippen LogP contribution >= 0.6 is 0 Å². The molecular weight excluding hydrogens is 330 g/mol. The fourth-order valence-corrected chi connectivity index (χ4v) is 2.73. The Morgan fingerprint density at radius 3 is 2.50 bits per heavy atom. The van der Waals surface area contributed by atoms with E-state index in [0.717, 1.165) is 6.42 Å². The molecule has 0 aliphatic rings. The molecule has 0 spiro atoms. The molecule has 3 rings (SSSR count). The van der Waals surface area contributed by atoms with Crippen LogP contribution in [0.25, 0.3) is 11.0 Å². The first-order chi connectivity index (χ1) is 12.3. The summed E-state index contributed by atoms with van der Waals surface area (Å²) in [5.41, 5.74) is 1.87. The summed E-state index contributed by atoms with van der Waals surface area (Å²) in [5.74, 6) is -0.277. The van der Waals surface area contributed by atoms with Crippen molar-refractivity contribution in [2.75, 3.05) is 5.32 Å². The lowest BCUT2D eigenvalue weighted by molar-refractivity contribution is -0.116. The summed E-state index contributed by atoms with van der Waals surface area (Å²) in [4.78, 5) is 29.2. The van der Waals surface area contributed by atoms with Gasteiger partial charge in [0.25, 0.3) is 5.56 Å². The number of nitrogens with one attached hydrogen (secondary N) is 1. The maximum absolute atomic E-state index is 12.6. The number of aryl methyl sites for hydroxylation is 1. The molecule has 1 amide bonds. The van der Waals surface area contributed by atoms with E-state index in [2.05, 4.69) is 22.3 Å². The molecule has 1 aromatic carbocycles. The number of benzene rings is 1. The lowest BCUT2D eigenvalue weighted by Crippen LogP contribution is -2.29. The van der Waals surface area contributed by atoms with Crippen LogP contribution in [0.15, 0.2) is 41.6 Å². The molecule has 2 heterocycles. The average Bonchev–Trinajstić information content (AvgIpc) is 3.03. The molecule has 2 aromatic heterocycles. The quantitative estimate of drug-likeness (QED) is 0.781. The first kappa shape index (κ1) is 17.8. The number of anilines is 1. The van der Waals surface area contributed by atoms with Crippen molar-refractivity contribution in [3.8, 4) is 0 Å². The zero-order chi connectivity index (χ0) is 18.9. The third-order valence-electron chi connectivity index (χ3n) is 4.15. The second kappa shape index (κ2) is 6.74. The van der Waals surface area contributed by atoms with Gasteiger partial charge >= 0.3 is 0 Å². The predicted octanol–water partition coefficient (Wildman–Crippen LogP) is 2.55. The molecule has 0 saturated heterocycles. The minimum Gasteiger partial charge on any atom is -0.325 e. The molecule has 0 fully saturated rings. The molecule has 26 heavy (non-hydrogen) atoms. The number of rotatable bonds is 4. The molecule has 7 heteroatoms. The summed E-state index contributed by atoms with van der Waals surface area (Å²) in [6, 6.07) is 7.65. The molecule has 0 radical (unpaired) electrons. The summed E-state index contributed by atoms with van der Waals surface area (Å²) in [5, 5.41) is 7.48. The van der Waals surface area contributed by atoms with E-state index < -0.39 is 0 Å². The van der Waals surface area contributed by atoms with Crippen molar-refractivity contribution < 1.29 is 4.79 Å². The number of hydrogen-bond acceptors (Lipinski definition) is 4. The summed E-state index contributed by atoms with van der Waals surface area (Å²) >= 11 is 0. The second-order valence-electron chi connectivity index (χ2n) is 7.24. The maximum Gasteiger partial charge on any atom is 0.264 e. The SMILES string of the molecule is CCc1ccc(NC(=O)Cn2cnc3c(cnn3C(C)(C)C)c2=O)cc1. The molecule has 0 atom stereocenters. The van der Waals surface area contributed by atoms with Crippen molar-refractivity contribution in [2.24, 2.45) is 0 Å². The van der Waals surface area contributed by atoms with Crippen LogP contribution in [-0.4, -0.2) is 25.2 Å². The van der Waals surface area contributed by atoms with Crippen LogP contribution in [0, 0.1) is 0 Å². The topological polar surface area (TPSA) is 81.8 Å². The predicted molar refractivity (Wildman–Crippen MR) is 101 cm³/mol. The monoisotopic (exact) mass is 353 g/mol. The van der Waals surface area contributed by atoms with Crippen molar-refractivity contribution in [2.45, 2.75) is 46.2 Å². The Bertz CT molecular complexity index is 993. The highest BCUT2D eigenvalue weighted by molar-refractivity contribution is 5.90. The van der Waals surface area contributed by atoms with Gasteiger partial charge in [0.1, 0.15) is 18.3 Å². The minimum atomic E-state index is -0.282.